The number of esters is 2. The van der Waals surface area contributed by atoms with Gasteiger partial charge in [0.05, 0.1) is 29.1 Å². The molecule has 0 unspecified atom stereocenters. The Morgan fingerprint density at radius 1 is 1.06 bits per heavy atom. The zero-order chi connectivity index (χ0) is 25.1. The quantitative estimate of drug-likeness (QED) is 0.473. The summed E-state index contributed by atoms with van der Waals surface area (Å²) in [5.41, 5.74) is -1.37. The minimum absolute atomic E-state index is 0.0970. The van der Waals surface area contributed by atoms with Crippen LogP contribution in [0.1, 0.15) is 60.8 Å². The highest BCUT2D eigenvalue weighted by Gasteiger charge is 2.48. The SMILES string of the molecule is CC(C)(C)C(=O)OC[C@H](/C=C/[C@@H]1C=CC[C@H]2O[C@H]3CCCO[C@@H]3[C@@H](O)[C@@H]2O1)OC(=O)C(C)(C)C. The van der Waals surface area contributed by atoms with Crippen molar-refractivity contribution in [2.45, 2.75) is 104 Å². The molecule has 8 nitrogen and oxygen atoms in total. The number of carbonyl (C=O) groups excluding carboxylic acids is 2. The molecule has 7 atom stereocenters. The molecule has 3 aliphatic rings. The number of rotatable bonds is 5. The molecule has 0 bridgehead atoms. The minimum Gasteiger partial charge on any atom is -0.461 e. The van der Waals surface area contributed by atoms with Gasteiger partial charge in [-0.3, -0.25) is 9.59 Å². The van der Waals surface area contributed by atoms with Crippen LogP contribution < -0.4 is 0 Å². The molecule has 3 aliphatic heterocycles. The van der Waals surface area contributed by atoms with Crippen molar-refractivity contribution in [2.24, 2.45) is 10.8 Å². The second kappa shape index (κ2) is 10.9. The van der Waals surface area contributed by atoms with Gasteiger partial charge in [0.1, 0.15) is 24.9 Å². The fourth-order valence-corrected chi connectivity index (χ4v) is 4.04. The Hall–Kier alpha value is -1.74. The minimum atomic E-state index is -0.790. The van der Waals surface area contributed by atoms with E-state index in [4.69, 9.17) is 23.7 Å². The lowest BCUT2D eigenvalue weighted by Gasteiger charge is -2.46. The molecule has 0 saturated carbocycles. The second-order valence-corrected chi connectivity index (χ2v) is 11.3. The molecule has 3 heterocycles. The van der Waals surface area contributed by atoms with Crippen molar-refractivity contribution < 1.29 is 38.4 Å². The molecule has 3 rings (SSSR count). The standard InChI is InChI=1S/C26H40O8/c1-25(2,3)23(28)31-15-17(33-24(29)26(4,5)6)13-12-16-9-7-10-19-22(32-16)20(27)21-18(34-19)11-8-14-30-21/h7,9,12-13,16-22,27H,8,10-11,14-15H2,1-6H3/b13-12+/t16-,17-,18-,19+,20+,21-,22+/m0/s1. The maximum atomic E-state index is 12.5. The number of carbonyl (C=O) groups is 2. The van der Waals surface area contributed by atoms with Gasteiger partial charge < -0.3 is 28.8 Å². The third-order valence-corrected chi connectivity index (χ3v) is 6.08. The van der Waals surface area contributed by atoms with E-state index in [-0.39, 0.29) is 24.8 Å². The van der Waals surface area contributed by atoms with Crippen LogP contribution in [0.2, 0.25) is 0 Å². The molecule has 2 fully saturated rings. The predicted molar refractivity (Wildman–Crippen MR) is 125 cm³/mol. The third-order valence-electron chi connectivity index (χ3n) is 6.08. The predicted octanol–water partition coefficient (Wildman–Crippen LogP) is 3.11. The lowest BCUT2D eigenvalue weighted by Crippen LogP contribution is -2.60. The van der Waals surface area contributed by atoms with Crippen LogP contribution in [-0.2, 0) is 33.3 Å². The molecule has 0 aliphatic carbocycles. The van der Waals surface area contributed by atoms with Crippen molar-refractivity contribution in [2.75, 3.05) is 13.2 Å². The lowest BCUT2D eigenvalue weighted by atomic mass is 9.90. The highest BCUT2D eigenvalue weighted by molar-refractivity contribution is 5.76. The van der Waals surface area contributed by atoms with Crippen LogP contribution >= 0.6 is 0 Å². The Morgan fingerprint density at radius 3 is 2.44 bits per heavy atom. The van der Waals surface area contributed by atoms with Crippen LogP contribution in [0.5, 0.6) is 0 Å². The molecule has 0 amide bonds. The summed E-state index contributed by atoms with van der Waals surface area (Å²) < 4.78 is 29.2. The van der Waals surface area contributed by atoms with E-state index in [1.165, 1.54) is 0 Å². The van der Waals surface area contributed by atoms with Gasteiger partial charge >= 0.3 is 11.9 Å². The molecule has 34 heavy (non-hydrogen) atoms. The normalized spacial score (nSPS) is 32.9. The largest absolute Gasteiger partial charge is 0.461 e. The Balaban J connectivity index is 1.69. The van der Waals surface area contributed by atoms with Crippen molar-refractivity contribution in [3.8, 4) is 0 Å². The van der Waals surface area contributed by atoms with Crippen LogP contribution in [0, 0.1) is 10.8 Å². The molecule has 0 aromatic heterocycles. The summed E-state index contributed by atoms with van der Waals surface area (Å²) in [6.07, 6.45) is 6.36. The van der Waals surface area contributed by atoms with Crippen molar-refractivity contribution in [3.05, 3.63) is 24.3 Å². The summed E-state index contributed by atoms with van der Waals surface area (Å²) >= 11 is 0. The van der Waals surface area contributed by atoms with Crippen LogP contribution in [0.3, 0.4) is 0 Å². The molecule has 0 spiro atoms. The summed E-state index contributed by atoms with van der Waals surface area (Å²) in [6, 6.07) is 0. The van der Waals surface area contributed by atoms with Gasteiger partial charge in [0, 0.05) is 6.61 Å². The zero-order valence-corrected chi connectivity index (χ0v) is 21.2. The number of aliphatic hydroxyl groups is 1. The first-order valence-corrected chi connectivity index (χ1v) is 12.2. The molecule has 8 heteroatoms. The maximum absolute atomic E-state index is 12.5. The van der Waals surface area contributed by atoms with Gasteiger partial charge in [-0.05, 0) is 66.9 Å². The molecule has 2 saturated heterocycles. The Kier molecular flexibility index (Phi) is 8.61. The lowest BCUT2D eigenvalue weighted by molar-refractivity contribution is -0.259. The van der Waals surface area contributed by atoms with Crippen molar-refractivity contribution in [1.82, 2.24) is 0 Å². The van der Waals surface area contributed by atoms with E-state index in [0.29, 0.717) is 13.0 Å². The van der Waals surface area contributed by atoms with Crippen LogP contribution in [0.4, 0.5) is 0 Å². The van der Waals surface area contributed by atoms with E-state index in [9.17, 15) is 14.7 Å². The highest BCUT2D eigenvalue weighted by atomic mass is 16.6. The molecular weight excluding hydrogens is 440 g/mol. The van der Waals surface area contributed by atoms with Crippen LogP contribution in [0.15, 0.2) is 24.3 Å². The summed E-state index contributed by atoms with van der Waals surface area (Å²) in [5, 5.41) is 10.9. The van der Waals surface area contributed by atoms with Gasteiger partial charge in [-0.1, -0.05) is 18.2 Å². The molecule has 0 aromatic rings. The molecule has 0 radical (unpaired) electrons. The van der Waals surface area contributed by atoms with Crippen molar-refractivity contribution >= 4 is 11.9 Å². The van der Waals surface area contributed by atoms with Crippen LogP contribution in [0.25, 0.3) is 0 Å². The molecule has 192 valence electrons. The monoisotopic (exact) mass is 480 g/mol. The zero-order valence-electron chi connectivity index (χ0n) is 21.2. The van der Waals surface area contributed by atoms with Gasteiger partial charge in [-0.25, -0.2) is 0 Å². The van der Waals surface area contributed by atoms with Gasteiger partial charge in [-0.2, -0.15) is 0 Å². The molecule has 1 N–H and O–H groups in total. The average Bonchev–Trinajstić information content (AvgIpc) is 2.96. The summed E-state index contributed by atoms with van der Waals surface area (Å²) in [7, 11) is 0. The highest BCUT2D eigenvalue weighted by Crippen LogP contribution is 2.34. The number of fused-ring (bicyclic) bond motifs is 2. The van der Waals surface area contributed by atoms with Crippen LogP contribution in [-0.4, -0.2) is 73.0 Å². The van der Waals surface area contributed by atoms with Crippen molar-refractivity contribution in [3.63, 3.8) is 0 Å². The first-order chi connectivity index (χ1) is 15.9. The van der Waals surface area contributed by atoms with E-state index < -0.39 is 47.3 Å². The summed E-state index contributed by atoms with van der Waals surface area (Å²) in [6.45, 7) is 11.1. The fraction of sp³-hybridized carbons (Fsp3) is 0.769. The van der Waals surface area contributed by atoms with Gasteiger partial charge in [0.25, 0.3) is 0 Å². The van der Waals surface area contributed by atoms with Gasteiger partial charge in [0.15, 0.2) is 6.10 Å². The van der Waals surface area contributed by atoms with Gasteiger partial charge in [-0.15, -0.1) is 0 Å². The molecular formula is C26H40O8. The average molecular weight is 481 g/mol. The topological polar surface area (TPSA) is 101 Å². The Morgan fingerprint density at radius 2 is 1.76 bits per heavy atom. The van der Waals surface area contributed by atoms with E-state index in [2.05, 4.69) is 0 Å². The molecule has 0 aromatic carbocycles. The number of ether oxygens (including phenoxy) is 5. The van der Waals surface area contributed by atoms with E-state index in [1.54, 1.807) is 53.7 Å². The van der Waals surface area contributed by atoms with E-state index in [0.717, 1.165) is 12.8 Å². The fourth-order valence-electron chi connectivity index (χ4n) is 4.04. The Bertz CT molecular complexity index is 775. The number of aliphatic hydroxyl groups excluding tert-OH is 1. The smallest absolute Gasteiger partial charge is 0.311 e. The van der Waals surface area contributed by atoms with E-state index in [1.807, 2.05) is 12.2 Å². The first-order valence-electron chi connectivity index (χ1n) is 12.2. The van der Waals surface area contributed by atoms with Crippen molar-refractivity contribution in [1.29, 1.82) is 0 Å². The first kappa shape index (κ1) is 26.9. The maximum Gasteiger partial charge on any atom is 0.311 e. The second-order valence-electron chi connectivity index (χ2n) is 11.3. The number of hydrogen-bond donors (Lipinski definition) is 1. The third kappa shape index (κ3) is 6.90. The van der Waals surface area contributed by atoms with E-state index >= 15 is 0 Å². The number of hydrogen-bond acceptors (Lipinski definition) is 8. The summed E-state index contributed by atoms with van der Waals surface area (Å²) in [5.74, 6) is -0.779. The Labute approximate surface area is 202 Å². The summed E-state index contributed by atoms with van der Waals surface area (Å²) in [4.78, 5) is 24.7. The van der Waals surface area contributed by atoms with Gasteiger partial charge in [0.2, 0.25) is 0 Å².